The van der Waals surface area contributed by atoms with E-state index in [1.807, 2.05) is 31.2 Å². The van der Waals surface area contributed by atoms with Gasteiger partial charge in [0.1, 0.15) is 11.6 Å². The van der Waals surface area contributed by atoms with E-state index in [-0.39, 0.29) is 6.61 Å². The van der Waals surface area contributed by atoms with Crippen LogP contribution in [0.25, 0.3) is 10.6 Å². The number of halogens is 1. The molecule has 0 spiro atoms. The predicted molar refractivity (Wildman–Crippen MR) is 61.7 cm³/mol. The van der Waals surface area contributed by atoms with Gasteiger partial charge >= 0.3 is 0 Å². The number of hydrogen-bond acceptors (Lipinski definition) is 2. The Morgan fingerprint density at radius 1 is 1.33 bits per heavy atom. The molecule has 0 atom stereocenters. The van der Waals surface area contributed by atoms with Gasteiger partial charge in [0.05, 0.1) is 10.6 Å². The molecule has 77 valence electrons. The van der Waals surface area contributed by atoms with Gasteiger partial charge in [0.2, 0.25) is 0 Å². The maximum atomic E-state index is 10.8. The molecular weight excluding hydrogens is 230 g/mol. The molecular formula is C11H9ClNOS. The Balaban J connectivity index is 2.41. The van der Waals surface area contributed by atoms with E-state index in [0.717, 1.165) is 21.1 Å². The van der Waals surface area contributed by atoms with Gasteiger partial charge in [-0.05, 0) is 19.1 Å². The van der Waals surface area contributed by atoms with Gasteiger partial charge in [-0.1, -0.05) is 23.7 Å². The Kier molecular flexibility index (Phi) is 3.05. The van der Waals surface area contributed by atoms with Crippen molar-refractivity contribution in [2.45, 2.75) is 13.5 Å². The molecule has 0 aliphatic carbocycles. The van der Waals surface area contributed by atoms with Crippen LogP contribution < -0.4 is 0 Å². The summed E-state index contributed by atoms with van der Waals surface area (Å²) in [5.41, 5.74) is 1.84. The summed E-state index contributed by atoms with van der Waals surface area (Å²) >= 11 is 7.25. The molecule has 2 nitrogen and oxygen atoms in total. The lowest BCUT2D eigenvalue weighted by atomic mass is 10.2. The highest BCUT2D eigenvalue weighted by Crippen LogP contribution is 2.28. The number of thiazole rings is 1. The van der Waals surface area contributed by atoms with Gasteiger partial charge in [0.25, 0.3) is 0 Å². The number of aromatic nitrogens is 1. The van der Waals surface area contributed by atoms with Crippen molar-refractivity contribution in [2.24, 2.45) is 0 Å². The van der Waals surface area contributed by atoms with Crippen LogP contribution in [0.2, 0.25) is 5.02 Å². The van der Waals surface area contributed by atoms with E-state index >= 15 is 0 Å². The quantitative estimate of drug-likeness (QED) is 0.785. The summed E-state index contributed by atoms with van der Waals surface area (Å²) < 4.78 is 0. The van der Waals surface area contributed by atoms with Crippen molar-refractivity contribution in [3.63, 3.8) is 0 Å². The molecule has 1 aromatic carbocycles. The molecule has 1 heterocycles. The lowest BCUT2D eigenvalue weighted by Crippen LogP contribution is -1.79. The monoisotopic (exact) mass is 238 g/mol. The minimum Gasteiger partial charge on any atom is -0.241 e. The van der Waals surface area contributed by atoms with E-state index in [0.29, 0.717) is 5.02 Å². The molecule has 2 rings (SSSR count). The van der Waals surface area contributed by atoms with E-state index < -0.39 is 0 Å². The molecule has 2 aromatic rings. The van der Waals surface area contributed by atoms with Crippen LogP contribution in [0.1, 0.15) is 10.6 Å². The first-order valence-corrected chi connectivity index (χ1v) is 5.70. The van der Waals surface area contributed by atoms with Crippen molar-refractivity contribution < 1.29 is 5.11 Å². The zero-order valence-electron chi connectivity index (χ0n) is 8.16. The Hall–Kier alpha value is -0.900. The summed E-state index contributed by atoms with van der Waals surface area (Å²) in [5, 5.41) is 12.4. The SMILES string of the molecule is Cc1nc(-c2ccc(Cl)cc2)sc1C[O]. The number of rotatable bonds is 2. The van der Waals surface area contributed by atoms with Crippen molar-refractivity contribution in [3.8, 4) is 10.6 Å². The molecule has 0 fully saturated rings. The van der Waals surface area contributed by atoms with Crippen LogP contribution in [-0.2, 0) is 11.7 Å². The van der Waals surface area contributed by atoms with Crippen LogP contribution in [0.15, 0.2) is 24.3 Å². The van der Waals surface area contributed by atoms with E-state index in [2.05, 4.69) is 4.98 Å². The van der Waals surface area contributed by atoms with Gasteiger partial charge in [0.15, 0.2) is 0 Å². The average Bonchev–Trinajstić information content (AvgIpc) is 2.61. The second-order valence-electron chi connectivity index (χ2n) is 3.18. The fraction of sp³-hybridized carbons (Fsp3) is 0.182. The molecule has 0 saturated carbocycles. The number of aryl methyl sites for hydroxylation is 1. The maximum absolute atomic E-state index is 10.8. The van der Waals surface area contributed by atoms with Crippen LogP contribution in [0.4, 0.5) is 0 Å². The summed E-state index contributed by atoms with van der Waals surface area (Å²) in [7, 11) is 0. The zero-order valence-corrected chi connectivity index (χ0v) is 9.73. The van der Waals surface area contributed by atoms with Gasteiger partial charge < -0.3 is 0 Å². The van der Waals surface area contributed by atoms with Gasteiger partial charge in [-0.15, -0.1) is 11.3 Å². The lowest BCUT2D eigenvalue weighted by molar-refractivity contribution is 0.180. The van der Waals surface area contributed by atoms with Crippen molar-refractivity contribution in [3.05, 3.63) is 39.9 Å². The Labute approximate surface area is 97.2 Å². The minimum atomic E-state index is -0.197. The van der Waals surface area contributed by atoms with E-state index in [4.69, 9.17) is 11.6 Å². The van der Waals surface area contributed by atoms with Crippen molar-refractivity contribution in [2.75, 3.05) is 0 Å². The first kappa shape index (κ1) is 10.6. The van der Waals surface area contributed by atoms with Crippen molar-refractivity contribution >= 4 is 22.9 Å². The van der Waals surface area contributed by atoms with Gasteiger partial charge in [-0.2, -0.15) is 0 Å². The summed E-state index contributed by atoms with van der Waals surface area (Å²) in [6.45, 7) is 1.67. The second kappa shape index (κ2) is 4.31. The fourth-order valence-corrected chi connectivity index (χ4v) is 2.33. The predicted octanol–water partition coefficient (Wildman–Crippen LogP) is 3.70. The number of nitrogens with zero attached hydrogens (tertiary/aromatic N) is 1. The molecule has 15 heavy (non-hydrogen) atoms. The third-order valence-electron chi connectivity index (χ3n) is 2.11. The highest BCUT2D eigenvalue weighted by atomic mass is 35.5. The van der Waals surface area contributed by atoms with Crippen LogP contribution in [-0.4, -0.2) is 4.98 Å². The van der Waals surface area contributed by atoms with E-state index in [9.17, 15) is 5.11 Å². The molecule has 0 aliphatic heterocycles. The lowest BCUT2D eigenvalue weighted by Gasteiger charge is -1.94. The smallest absolute Gasteiger partial charge is 0.123 e. The standard InChI is InChI=1S/C11H9ClNOS/c1-7-10(6-14)15-11(13-7)8-2-4-9(12)5-3-8/h2-5H,6H2,1H3. The summed E-state index contributed by atoms with van der Waals surface area (Å²) in [6, 6.07) is 7.47. The molecule has 4 heteroatoms. The summed E-state index contributed by atoms with van der Waals surface area (Å²) in [5.74, 6) is 0. The highest BCUT2D eigenvalue weighted by Gasteiger charge is 2.08. The fourth-order valence-electron chi connectivity index (χ4n) is 1.28. The molecule has 0 unspecified atom stereocenters. The van der Waals surface area contributed by atoms with Gasteiger partial charge in [0, 0.05) is 10.6 Å². The van der Waals surface area contributed by atoms with E-state index in [1.165, 1.54) is 11.3 Å². The van der Waals surface area contributed by atoms with Crippen molar-refractivity contribution in [1.29, 1.82) is 0 Å². The first-order chi connectivity index (χ1) is 7.20. The molecule has 0 N–H and O–H groups in total. The molecule has 0 amide bonds. The molecule has 0 saturated heterocycles. The molecule has 1 radical (unpaired) electrons. The van der Waals surface area contributed by atoms with E-state index in [1.54, 1.807) is 0 Å². The topological polar surface area (TPSA) is 32.8 Å². The first-order valence-electron chi connectivity index (χ1n) is 4.51. The average molecular weight is 239 g/mol. The molecule has 0 bridgehead atoms. The number of benzene rings is 1. The maximum Gasteiger partial charge on any atom is 0.123 e. The zero-order chi connectivity index (χ0) is 10.8. The molecule has 1 aromatic heterocycles. The molecule has 0 aliphatic rings. The van der Waals surface area contributed by atoms with Crippen LogP contribution in [0, 0.1) is 6.92 Å². The summed E-state index contributed by atoms with van der Waals surface area (Å²) in [4.78, 5) is 5.16. The van der Waals surface area contributed by atoms with Crippen molar-refractivity contribution in [1.82, 2.24) is 4.98 Å². The number of hydrogen-bond donors (Lipinski definition) is 0. The normalized spacial score (nSPS) is 10.6. The largest absolute Gasteiger partial charge is 0.241 e. The Morgan fingerprint density at radius 3 is 2.53 bits per heavy atom. The third-order valence-corrected chi connectivity index (χ3v) is 3.55. The Bertz CT molecular complexity index is 464. The minimum absolute atomic E-state index is 0.197. The van der Waals surface area contributed by atoms with Crippen LogP contribution in [0.3, 0.4) is 0 Å². The third kappa shape index (κ3) is 2.20. The van der Waals surface area contributed by atoms with Gasteiger partial charge in [-0.3, -0.25) is 0 Å². The van der Waals surface area contributed by atoms with Crippen LogP contribution >= 0.6 is 22.9 Å². The van der Waals surface area contributed by atoms with Gasteiger partial charge in [-0.25, -0.2) is 10.1 Å². The highest BCUT2D eigenvalue weighted by molar-refractivity contribution is 7.15. The second-order valence-corrected chi connectivity index (χ2v) is 4.70. The Morgan fingerprint density at radius 2 is 2.00 bits per heavy atom. The van der Waals surface area contributed by atoms with Crippen LogP contribution in [0.5, 0.6) is 0 Å². The summed E-state index contributed by atoms with van der Waals surface area (Å²) in [6.07, 6.45) is 0.